The molecule has 3 rings (SSSR count). The molecule has 2 saturated carbocycles. The smallest absolute Gasteiger partial charge is 0.169 e. The molecule has 2 aliphatic carbocycles. The highest BCUT2D eigenvalue weighted by molar-refractivity contribution is 4.97. The Morgan fingerprint density at radius 2 is 1.90 bits per heavy atom. The van der Waals surface area contributed by atoms with Crippen molar-refractivity contribution in [3.63, 3.8) is 0 Å². The first-order valence-electron chi connectivity index (χ1n) is 8.41. The van der Waals surface area contributed by atoms with Crippen LogP contribution < -0.4 is 0 Å². The molecule has 3 nitrogen and oxygen atoms in total. The molecule has 2 atom stereocenters. The van der Waals surface area contributed by atoms with Gasteiger partial charge >= 0.3 is 0 Å². The van der Waals surface area contributed by atoms with E-state index in [1.54, 1.807) is 0 Å². The number of hydrogen-bond donors (Lipinski definition) is 1. The summed E-state index contributed by atoms with van der Waals surface area (Å²) in [6.45, 7) is 5.40. The number of ether oxygens (including phenoxy) is 2. The molecule has 3 heteroatoms. The van der Waals surface area contributed by atoms with Crippen LogP contribution in [0.4, 0.5) is 0 Å². The van der Waals surface area contributed by atoms with Gasteiger partial charge < -0.3 is 14.6 Å². The van der Waals surface area contributed by atoms with Gasteiger partial charge in [0.15, 0.2) is 5.79 Å². The van der Waals surface area contributed by atoms with Crippen LogP contribution in [-0.2, 0) is 9.47 Å². The van der Waals surface area contributed by atoms with E-state index in [9.17, 15) is 5.11 Å². The van der Waals surface area contributed by atoms with Crippen molar-refractivity contribution >= 4 is 0 Å². The first-order valence-corrected chi connectivity index (χ1v) is 8.41. The van der Waals surface area contributed by atoms with Crippen molar-refractivity contribution < 1.29 is 14.6 Å². The van der Waals surface area contributed by atoms with Crippen LogP contribution in [0.15, 0.2) is 0 Å². The minimum Gasteiger partial charge on any atom is -0.390 e. The van der Waals surface area contributed by atoms with E-state index in [0.29, 0.717) is 5.41 Å². The fraction of sp³-hybridized carbons (Fsp3) is 1.00. The molecule has 2 spiro atoms. The van der Waals surface area contributed by atoms with E-state index in [4.69, 9.17) is 9.47 Å². The quantitative estimate of drug-likeness (QED) is 0.859. The van der Waals surface area contributed by atoms with Crippen LogP contribution in [0, 0.1) is 11.3 Å². The van der Waals surface area contributed by atoms with Gasteiger partial charge in [-0.1, -0.05) is 0 Å². The number of aliphatic hydroxyl groups is 1. The van der Waals surface area contributed by atoms with Gasteiger partial charge in [-0.3, -0.25) is 0 Å². The summed E-state index contributed by atoms with van der Waals surface area (Å²) in [4.78, 5) is 0. The Labute approximate surface area is 123 Å². The van der Waals surface area contributed by atoms with Crippen molar-refractivity contribution in [3.05, 3.63) is 0 Å². The molecule has 116 valence electrons. The lowest BCUT2D eigenvalue weighted by atomic mass is 9.69. The van der Waals surface area contributed by atoms with E-state index in [1.807, 2.05) is 13.8 Å². The van der Waals surface area contributed by atoms with Gasteiger partial charge in [0.25, 0.3) is 0 Å². The van der Waals surface area contributed by atoms with E-state index in [-0.39, 0.29) is 5.79 Å². The maximum atomic E-state index is 9.91. The Morgan fingerprint density at radius 3 is 2.60 bits per heavy atom. The predicted molar refractivity (Wildman–Crippen MR) is 78.4 cm³/mol. The molecule has 1 aliphatic heterocycles. The van der Waals surface area contributed by atoms with E-state index in [1.165, 1.54) is 38.5 Å². The molecule has 1 heterocycles. The van der Waals surface area contributed by atoms with Crippen molar-refractivity contribution in [1.29, 1.82) is 0 Å². The molecule has 0 aromatic carbocycles. The van der Waals surface area contributed by atoms with Crippen molar-refractivity contribution in [2.45, 2.75) is 83.0 Å². The van der Waals surface area contributed by atoms with E-state index in [2.05, 4.69) is 0 Å². The summed E-state index contributed by atoms with van der Waals surface area (Å²) in [6, 6.07) is 0. The highest BCUT2D eigenvalue weighted by atomic mass is 16.7. The monoisotopic (exact) mass is 282 g/mol. The zero-order valence-electron chi connectivity index (χ0n) is 13.1. The molecular formula is C17H30O3. The molecule has 1 N–H and O–H groups in total. The largest absolute Gasteiger partial charge is 0.390 e. The lowest BCUT2D eigenvalue weighted by molar-refractivity contribution is -0.201. The highest BCUT2D eigenvalue weighted by Crippen LogP contribution is 2.56. The molecule has 1 saturated heterocycles. The van der Waals surface area contributed by atoms with E-state index in [0.717, 1.165) is 38.4 Å². The molecule has 1 unspecified atom stereocenters. The Hall–Kier alpha value is -0.120. The molecule has 3 aliphatic rings. The van der Waals surface area contributed by atoms with Gasteiger partial charge in [0.2, 0.25) is 0 Å². The first kappa shape index (κ1) is 14.8. The van der Waals surface area contributed by atoms with Gasteiger partial charge in [0.05, 0.1) is 18.8 Å². The fourth-order valence-corrected chi connectivity index (χ4v) is 4.74. The molecule has 3 fully saturated rings. The lowest BCUT2D eigenvalue weighted by Crippen LogP contribution is -2.41. The van der Waals surface area contributed by atoms with Crippen LogP contribution in [0.3, 0.4) is 0 Å². The maximum absolute atomic E-state index is 9.91. The van der Waals surface area contributed by atoms with Crippen LogP contribution in [-0.4, -0.2) is 29.7 Å². The molecule has 0 bridgehead atoms. The number of rotatable bonds is 3. The Morgan fingerprint density at radius 1 is 1.15 bits per heavy atom. The summed E-state index contributed by atoms with van der Waals surface area (Å²) < 4.78 is 11.9. The second kappa shape index (κ2) is 5.26. The van der Waals surface area contributed by atoms with Gasteiger partial charge in [-0.2, -0.15) is 0 Å². The van der Waals surface area contributed by atoms with Gasteiger partial charge in [-0.25, -0.2) is 0 Å². The maximum Gasteiger partial charge on any atom is 0.169 e. The van der Waals surface area contributed by atoms with Gasteiger partial charge in [-0.05, 0) is 70.1 Å². The van der Waals surface area contributed by atoms with Crippen molar-refractivity contribution in [1.82, 2.24) is 0 Å². The minimum atomic E-state index is -0.513. The summed E-state index contributed by atoms with van der Waals surface area (Å²) in [7, 11) is 0. The second-order valence-corrected chi connectivity index (χ2v) is 8.10. The third-order valence-corrected chi connectivity index (χ3v) is 5.69. The zero-order chi connectivity index (χ0) is 14.3. The fourth-order valence-electron chi connectivity index (χ4n) is 4.74. The van der Waals surface area contributed by atoms with E-state index >= 15 is 0 Å². The summed E-state index contributed by atoms with van der Waals surface area (Å²) in [5.74, 6) is 0.557. The SMILES string of the molecule is CC(C)(O)CCC1CC[C@]2(CCCC3(C2)OCCO3)C1. The third kappa shape index (κ3) is 3.20. The average molecular weight is 282 g/mol. The second-order valence-electron chi connectivity index (χ2n) is 8.10. The van der Waals surface area contributed by atoms with Crippen LogP contribution in [0.5, 0.6) is 0 Å². The summed E-state index contributed by atoms with van der Waals surface area (Å²) in [5, 5.41) is 9.91. The van der Waals surface area contributed by atoms with Gasteiger partial charge in [-0.15, -0.1) is 0 Å². The molecule has 20 heavy (non-hydrogen) atoms. The summed E-state index contributed by atoms with van der Waals surface area (Å²) in [6.07, 6.45) is 10.9. The van der Waals surface area contributed by atoms with Crippen LogP contribution in [0.1, 0.15) is 71.6 Å². The lowest BCUT2D eigenvalue weighted by Gasteiger charge is -2.43. The zero-order valence-corrected chi connectivity index (χ0v) is 13.1. The standard InChI is InChI=1S/C17H30O3/c1-15(2,18)8-4-14-5-9-16(12-14)6-3-7-17(13-16)19-10-11-20-17/h14,18H,3-13H2,1-2H3/t14?,16-/m1/s1. The van der Waals surface area contributed by atoms with Crippen LogP contribution in [0.25, 0.3) is 0 Å². The van der Waals surface area contributed by atoms with Crippen molar-refractivity contribution in [2.24, 2.45) is 11.3 Å². The molecule has 0 amide bonds. The molecule has 0 radical (unpaired) electrons. The number of hydrogen-bond acceptors (Lipinski definition) is 3. The summed E-state index contributed by atoms with van der Waals surface area (Å²) >= 11 is 0. The Kier molecular flexibility index (Phi) is 3.89. The molecule has 0 aromatic heterocycles. The van der Waals surface area contributed by atoms with Crippen molar-refractivity contribution in [3.8, 4) is 0 Å². The van der Waals surface area contributed by atoms with Gasteiger partial charge in [0, 0.05) is 12.8 Å². The topological polar surface area (TPSA) is 38.7 Å². The molecule has 0 aromatic rings. The first-order chi connectivity index (χ1) is 9.41. The third-order valence-electron chi connectivity index (χ3n) is 5.69. The predicted octanol–water partition coefficient (Wildman–Crippen LogP) is 3.64. The highest BCUT2D eigenvalue weighted by Gasteiger charge is 2.50. The molecular weight excluding hydrogens is 252 g/mol. The van der Waals surface area contributed by atoms with E-state index < -0.39 is 5.60 Å². The Bertz CT molecular complexity index is 341. The van der Waals surface area contributed by atoms with Crippen LogP contribution >= 0.6 is 0 Å². The minimum absolute atomic E-state index is 0.233. The van der Waals surface area contributed by atoms with Crippen LogP contribution in [0.2, 0.25) is 0 Å². The van der Waals surface area contributed by atoms with Gasteiger partial charge in [0.1, 0.15) is 0 Å². The van der Waals surface area contributed by atoms with Crippen molar-refractivity contribution in [2.75, 3.05) is 13.2 Å². The Balaban J connectivity index is 1.57. The average Bonchev–Trinajstić information content (AvgIpc) is 2.95. The normalized spacial score (nSPS) is 37.0. The summed E-state index contributed by atoms with van der Waals surface area (Å²) in [5.41, 5.74) is -0.0475.